The zero-order chi connectivity index (χ0) is 31.2. The number of nitrogens with zero attached hydrogens (tertiary/aromatic N) is 2. The van der Waals surface area contributed by atoms with Crippen molar-refractivity contribution in [3.63, 3.8) is 0 Å². The highest BCUT2D eigenvalue weighted by Gasteiger charge is 2.16. The fraction of sp³-hybridized carbons (Fsp3) is 0.0976. The molecule has 0 radical (unpaired) electrons. The monoisotopic (exact) mass is 588 g/mol. The number of aryl methyl sites for hydroxylation is 1. The van der Waals surface area contributed by atoms with Crippen molar-refractivity contribution in [2.75, 3.05) is 9.80 Å². The van der Waals surface area contributed by atoms with Gasteiger partial charge in [-0.25, -0.2) is 0 Å². The van der Waals surface area contributed by atoms with Crippen LogP contribution in [0, 0.1) is 12.8 Å². The highest BCUT2D eigenvalue weighted by Crippen LogP contribution is 2.38. The summed E-state index contributed by atoms with van der Waals surface area (Å²) in [6.45, 7) is 5.78. The number of ether oxygens (including phenoxy) is 1. The molecule has 6 aromatic rings. The fourth-order valence-electron chi connectivity index (χ4n) is 5.32. The van der Waals surface area contributed by atoms with Gasteiger partial charge in [-0.3, -0.25) is 4.79 Å². The topological polar surface area (TPSA) is 32.8 Å². The quantitative estimate of drug-likeness (QED) is 0.124. The summed E-state index contributed by atoms with van der Waals surface area (Å²) in [5.41, 5.74) is 9.89. The van der Waals surface area contributed by atoms with Crippen molar-refractivity contribution in [2.24, 2.45) is 5.92 Å². The summed E-state index contributed by atoms with van der Waals surface area (Å²) < 4.78 is 5.50. The number of esters is 1. The van der Waals surface area contributed by atoms with Gasteiger partial charge in [0.15, 0.2) is 0 Å². The lowest BCUT2D eigenvalue weighted by molar-refractivity contribution is -0.137. The third kappa shape index (κ3) is 6.81. The molecule has 4 heteroatoms. The highest BCUT2D eigenvalue weighted by atomic mass is 16.5. The van der Waals surface area contributed by atoms with Crippen molar-refractivity contribution in [1.29, 1.82) is 0 Å². The largest absolute Gasteiger partial charge is 0.426 e. The summed E-state index contributed by atoms with van der Waals surface area (Å²) in [5, 5.41) is 0. The molecule has 6 aromatic carbocycles. The SMILES string of the molecule is Cc1cccc(N(c2ccccc2)c2ccc(-c3ccc(N(c4ccccc4)c4ccc(OC(=O)C(C)C)cc4)cc3)cc2)c1. The van der Waals surface area contributed by atoms with Gasteiger partial charge in [-0.05, 0) is 109 Å². The van der Waals surface area contributed by atoms with Crippen molar-refractivity contribution in [3.8, 4) is 16.9 Å². The Balaban J connectivity index is 1.28. The van der Waals surface area contributed by atoms with E-state index in [1.165, 1.54) is 5.56 Å². The van der Waals surface area contributed by atoms with Gasteiger partial charge in [-0.15, -0.1) is 0 Å². The Morgan fingerprint density at radius 3 is 1.33 bits per heavy atom. The van der Waals surface area contributed by atoms with Crippen LogP contribution in [0.4, 0.5) is 34.1 Å². The summed E-state index contributed by atoms with van der Waals surface area (Å²) in [6, 6.07) is 54.3. The van der Waals surface area contributed by atoms with Crippen LogP contribution in [0.15, 0.2) is 158 Å². The smallest absolute Gasteiger partial charge is 0.313 e. The fourth-order valence-corrected chi connectivity index (χ4v) is 5.32. The number of para-hydroxylation sites is 2. The van der Waals surface area contributed by atoms with Crippen LogP contribution in [0.25, 0.3) is 11.1 Å². The molecule has 0 bridgehead atoms. The third-order valence-corrected chi connectivity index (χ3v) is 7.66. The molecule has 0 aliphatic carbocycles. The zero-order valence-corrected chi connectivity index (χ0v) is 25.8. The number of benzene rings is 6. The Morgan fingerprint density at radius 2 is 0.889 bits per heavy atom. The lowest BCUT2D eigenvalue weighted by atomic mass is 10.0. The number of rotatable bonds is 9. The normalized spacial score (nSPS) is 10.8. The average Bonchev–Trinajstić information content (AvgIpc) is 3.07. The van der Waals surface area contributed by atoms with E-state index in [2.05, 4.69) is 126 Å². The highest BCUT2D eigenvalue weighted by molar-refractivity contribution is 5.81. The first kappa shape index (κ1) is 29.5. The molecule has 0 heterocycles. The van der Waals surface area contributed by atoms with Crippen LogP contribution in [0.5, 0.6) is 5.75 Å². The van der Waals surface area contributed by atoms with Crippen LogP contribution in [0.1, 0.15) is 19.4 Å². The van der Waals surface area contributed by atoms with Crippen LogP contribution < -0.4 is 14.5 Å². The van der Waals surface area contributed by atoms with Gasteiger partial charge in [0, 0.05) is 34.1 Å². The van der Waals surface area contributed by atoms with Crippen LogP contribution in [-0.2, 0) is 4.79 Å². The number of carbonyl (C=O) groups is 1. The van der Waals surface area contributed by atoms with Crippen molar-refractivity contribution < 1.29 is 9.53 Å². The molecule has 0 fully saturated rings. The maximum atomic E-state index is 12.1. The van der Waals surface area contributed by atoms with E-state index in [1.807, 2.05) is 62.4 Å². The molecule has 0 atom stereocenters. The first-order valence-corrected chi connectivity index (χ1v) is 15.3. The second kappa shape index (κ2) is 13.4. The van der Waals surface area contributed by atoms with E-state index in [4.69, 9.17) is 4.74 Å². The minimum Gasteiger partial charge on any atom is -0.426 e. The lowest BCUT2D eigenvalue weighted by Gasteiger charge is -2.26. The maximum Gasteiger partial charge on any atom is 0.313 e. The number of hydrogen-bond donors (Lipinski definition) is 0. The first-order valence-electron chi connectivity index (χ1n) is 15.3. The molecule has 222 valence electrons. The summed E-state index contributed by atoms with van der Waals surface area (Å²) in [4.78, 5) is 16.6. The van der Waals surface area contributed by atoms with Crippen LogP contribution >= 0.6 is 0 Å². The summed E-state index contributed by atoms with van der Waals surface area (Å²) >= 11 is 0. The molecule has 0 saturated carbocycles. The molecule has 0 saturated heterocycles. The van der Waals surface area contributed by atoms with Crippen molar-refractivity contribution in [1.82, 2.24) is 0 Å². The Bertz CT molecular complexity index is 1850. The Hall–Kier alpha value is -5.61. The summed E-state index contributed by atoms with van der Waals surface area (Å²) in [6.07, 6.45) is 0. The van der Waals surface area contributed by atoms with E-state index in [0.29, 0.717) is 5.75 Å². The van der Waals surface area contributed by atoms with E-state index >= 15 is 0 Å². The van der Waals surface area contributed by atoms with Gasteiger partial charge in [0.25, 0.3) is 0 Å². The molecule has 0 spiro atoms. The minimum atomic E-state index is -0.241. The van der Waals surface area contributed by atoms with Crippen LogP contribution in [-0.4, -0.2) is 5.97 Å². The first-order chi connectivity index (χ1) is 22.0. The van der Waals surface area contributed by atoms with E-state index < -0.39 is 0 Å². The van der Waals surface area contributed by atoms with Crippen molar-refractivity contribution >= 4 is 40.1 Å². The molecular formula is C41H36N2O2. The van der Waals surface area contributed by atoms with Gasteiger partial charge in [0.05, 0.1) is 5.92 Å². The molecule has 0 aliphatic heterocycles. The van der Waals surface area contributed by atoms with Crippen LogP contribution in [0.3, 0.4) is 0 Å². The number of carbonyl (C=O) groups excluding carboxylic acids is 1. The lowest BCUT2D eigenvalue weighted by Crippen LogP contribution is -2.15. The van der Waals surface area contributed by atoms with Gasteiger partial charge >= 0.3 is 5.97 Å². The summed E-state index contributed by atoms with van der Waals surface area (Å²) in [5.74, 6) is 0.114. The van der Waals surface area contributed by atoms with Crippen molar-refractivity contribution in [2.45, 2.75) is 20.8 Å². The molecule has 4 nitrogen and oxygen atoms in total. The Morgan fingerprint density at radius 1 is 0.489 bits per heavy atom. The Labute approximate surface area is 265 Å². The zero-order valence-electron chi connectivity index (χ0n) is 25.8. The van der Waals surface area contributed by atoms with Crippen molar-refractivity contribution in [3.05, 3.63) is 163 Å². The van der Waals surface area contributed by atoms with Gasteiger partial charge in [0.1, 0.15) is 5.75 Å². The predicted octanol–water partition coefficient (Wildman–Crippen LogP) is 11.2. The molecule has 0 amide bonds. The molecule has 0 aliphatic rings. The van der Waals surface area contributed by atoms with Gasteiger partial charge in [0.2, 0.25) is 0 Å². The van der Waals surface area contributed by atoms with E-state index in [1.54, 1.807) is 0 Å². The van der Waals surface area contributed by atoms with Gasteiger partial charge in [-0.2, -0.15) is 0 Å². The van der Waals surface area contributed by atoms with Crippen LogP contribution in [0.2, 0.25) is 0 Å². The summed E-state index contributed by atoms with van der Waals surface area (Å²) in [7, 11) is 0. The molecular weight excluding hydrogens is 552 g/mol. The molecule has 0 aromatic heterocycles. The van der Waals surface area contributed by atoms with E-state index in [0.717, 1.165) is 45.3 Å². The second-order valence-corrected chi connectivity index (χ2v) is 11.3. The molecule has 0 unspecified atom stereocenters. The predicted molar refractivity (Wildman–Crippen MR) is 186 cm³/mol. The minimum absolute atomic E-state index is 0.184. The second-order valence-electron chi connectivity index (χ2n) is 11.3. The average molecular weight is 589 g/mol. The molecule has 6 rings (SSSR count). The molecule has 45 heavy (non-hydrogen) atoms. The standard InChI is InChI=1S/C41H36N2O2/c1-30(2)41(44)45-40-27-25-38(26-28-40)42(34-12-6-4-7-13-34)36-21-17-32(18-22-36)33-19-23-37(24-20-33)43(35-14-8-5-9-15-35)39-16-10-11-31(3)29-39/h4-30H,1-3H3. The number of anilines is 6. The van der Waals surface area contributed by atoms with E-state index in [-0.39, 0.29) is 11.9 Å². The third-order valence-electron chi connectivity index (χ3n) is 7.66. The Kier molecular flexibility index (Phi) is 8.74. The van der Waals surface area contributed by atoms with Gasteiger partial charge in [-0.1, -0.05) is 86.6 Å². The molecule has 0 N–H and O–H groups in total. The van der Waals surface area contributed by atoms with Gasteiger partial charge < -0.3 is 14.5 Å². The maximum absolute atomic E-state index is 12.1. The van der Waals surface area contributed by atoms with E-state index in [9.17, 15) is 4.79 Å². The number of hydrogen-bond acceptors (Lipinski definition) is 4.